The molecule has 18 heavy (non-hydrogen) atoms. The van der Waals surface area contributed by atoms with E-state index in [2.05, 4.69) is 10.2 Å². The topological polar surface area (TPSA) is 50.8 Å². The van der Waals surface area contributed by atoms with Crippen LogP contribution in [0.1, 0.15) is 19.8 Å². The zero-order chi connectivity index (χ0) is 13.6. The van der Waals surface area contributed by atoms with Crippen molar-refractivity contribution in [2.75, 3.05) is 47.5 Å². The highest BCUT2D eigenvalue weighted by molar-refractivity contribution is 5.80. The molecule has 0 amide bonds. The van der Waals surface area contributed by atoms with Crippen molar-refractivity contribution in [3.05, 3.63) is 0 Å². The molecule has 0 aromatic heterocycles. The van der Waals surface area contributed by atoms with Crippen LogP contribution in [0.4, 0.5) is 0 Å². The van der Waals surface area contributed by atoms with Gasteiger partial charge in [0.1, 0.15) is 5.54 Å². The van der Waals surface area contributed by atoms with Gasteiger partial charge < -0.3 is 19.7 Å². The van der Waals surface area contributed by atoms with Gasteiger partial charge in [-0.05, 0) is 39.8 Å². The maximum Gasteiger partial charge on any atom is 0.327 e. The average Bonchev–Trinajstić information content (AvgIpc) is 3.17. The molecular formula is C13H26N2O3. The molecule has 5 nitrogen and oxygen atoms in total. The van der Waals surface area contributed by atoms with Gasteiger partial charge in [-0.15, -0.1) is 0 Å². The predicted molar refractivity (Wildman–Crippen MR) is 70.5 cm³/mol. The number of esters is 1. The Morgan fingerprint density at radius 1 is 1.50 bits per heavy atom. The third-order valence-corrected chi connectivity index (χ3v) is 3.44. The lowest BCUT2D eigenvalue weighted by molar-refractivity contribution is -0.148. The Labute approximate surface area is 110 Å². The number of hydrogen-bond acceptors (Lipinski definition) is 5. The Kier molecular flexibility index (Phi) is 6.05. The van der Waals surface area contributed by atoms with Crippen LogP contribution in [0.2, 0.25) is 0 Å². The van der Waals surface area contributed by atoms with Gasteiger partial charge in [0, 0.05) is 19.7 Å². The Bertz CT molecular complexity index is 269. The summed E-state index contributed by atoms with van der Waals surface area (Å²) in [5.74, 6) is 0.559. The number of likely N-dealkylation sites (N-methyl/N-ethyl adjacent to an activating group) is 2. The van der Waals surface area contributed by atoms with Crippen LogP contribution in [-0.2, 0) is 14.3 Å². The Hall–Kier alpha value is -0.650. The van der Waals surface area contributed by atoms with Crippen molar-refractivity contribution in [1.82, 2.24) is 10.2 Å². The summed E-state index contributed by atoms with van der Waals surface area (Å²) in [6.07, 6.45) is 2.63. The van der Waals surface area contributed by atoms with Gasteiger partial charge in [0.15, 0.2) is 0 Å². The molecule has 0 heterocycles. The van der Waals surface area contributed by atoms with Crippen LogP contribution in [-0.4, -0.2) is 63.9 Å². The maximum absolute atomic E-state index is 11.7. The molecule has 1 unspecified atom stereocenters. The summed E-state index contributed by atoms with van der Waals surface area (Å²) in [7, 11) is 5.17. The van der Waals surface area contributed by atoms with Gasteiger partial charge in [-0.1, -0.05) is 0 Å². The van der Waals surface area contributed by atoms with E-state index in [1.165, 1.54) is 20.0 Å². The summed E-state index contributed by atoms with van der Waals surface area (Å²) in [5, 5.41) is 3.02. The minimum atomic E-state index is -0.667. The Morgan fingerprint density at radius 3 is 2.67 bits per heavy atom. The molecule has 0 aromatic rings. The van der Waals surface area contributed by atoms with Crippen LogP contribution >= 0.6 is 0 Å². The highest BCUT2D eigenvalue weighted by Gasteiger charge is 2.33. The molecule has 1 rings (SSSR count). The van der Waals surface area contributed by atoms with Crippen molar-refractivity contribution < 1.29 is 14.3 Å². The summed E-state index contributed by atoms with van der Waals surface area (Å²) < 4.78 is 10.4. The van der Waals surface area contributed by atoms with Crippen LogP contribution in [0.15, 0.2) is 0 Å². The van der Waals surface area contributed by atoms with Gasteiger partial charge in [-0.2, -0.15) is 0 Å². The van der Waals surface area contributed by atoms with E-state index in [0.717, 1.165) is 19.1 Å². The SMILES string of the molecule is CNC(C)(CN(C)CCOCC1CC1)C(=O)OC. The number of carbonyl (C=O) groups excluding carboxylic acids is 1. The number of methoxy groups -OCH3 is 1. The summed E-state index contributed by atoms with van der Waals surface area (Å²) >= 11 is 0. The van der Waals surface area contributed by atoms with E-state index < -0.39 is 5.54 Å². The molecule has 1 saturated carbocycles. The summed E-state index contributed by atoms with van der Waals surface area (Å²) in [6, 6.07) is 0. The molecule has 1 aliphatic carbocycles. The molecule has 0 spiro atoms. The molecule has 0 radical (unpaired) electrons. The second-order valence-corrected chi connectivity index (χ2v) is 5.33. The highest BCUT2D eigenvalue weighted by Crippen LogP contribution is 2.28. The lowest BCUT2D eigenvalue weighted by Gasteiger charge is -2.30. The van der Waals surface area contributed by atoms with Crippen LogP contribution in [0.3, 0.4) is 0 Å². The standard InChI is InChI=1S/C13H26N2O3/c1-13(14-2,12(16)17-4)10-15(3)7-8-18-9-11-5-6-11/h11,14H,5-10H2,1-4H3. The molecule has 1 atom stereocenters. The summed E-state index contributed by atoms with van der Waals surface area (Å²) in [5.41, 5.74) is -0.667. The molecule has 0 saturated heterocycles. The van der Waals surface area contributed by atoms with Crippen molar-refractivity contribution in [1.29, 1.82) is 0 Å². The molecule has 106 valence electrons. The van der Waals surface area contributed by atoms with E-state index in [0.29, 0.717) is 13.2 Å². The van der Waals surface area contributed by atoms with Gasteiger partial charge in [0.05, 0.1) is 13.7 Å². The first-order chi connectivity index (χ1) is 8.51. The number of nitrogens with zero attached hydrogens (tertiary/aromatic N) is 1. The molecular weight excluding hydrogens is 232 g/mol. The fourth-order valence-corrected chi connectivity index (χ4v) is 1.84. The number of rotatable bonds is 9. The van der Waals surface area contributed by atoms with E-state index in [9.17, 15) is 4.79 Å². The smallest absolute Gasteiger partial charge is 0.327 e. The number of hydrogen-bond donors (Lipinski definition) is 1. The van der Waals surface area contributed by atoms with Crippen LogP contribution in [0, 0.1) is 5.92 Å². The van der Waals surface area contributed by atoms with E-state index in [-0.39, 0.29) is 5.97 Å². The van der Waals surface area contributed by atoms with Crippen LogP contribution in [0.25, 0.3) is 0 Å². The van der Waals surface area contributed by atoms with Crippen molar-refractivity contribution in [2.24, 2.45) is 5.92 Å². The first-order valence-corrected chi connectivity index (χ1v) is 6.55. The molecule has 1 aliphatic rings. The first-order valence-electron chi connectivity index (χ1n) is 6.55. The normalized spacial score (nSPS) is 18.7. The molecule has 0 aromatic carbocycles. The monoisotopic (exact) mass is 258 g/mol. The third-order valence-electron chi connectivity index (χ3n) is 3.44. The predicted octanol–water partition coefficient (Wildman–Crippen LogP) is 0.496. The van der Waals surface area contributed by atoms with Crippen molar-refractivity contribution in [3.63, 3.8) is 0 Å². The van der Waals surface area contributed by atoms with E-state index in [1.54, 1.807) is 7.05 Å². The largest absolute Gasteiger partial charge is 0.468 e. The zero-order valence-electron chi connectivity index (χ0n) is 12.0. The number of carbonyl (C=O) groups is 1. The fraction of sp³-hybridized carbons (Fsp3) is 0.923. The van der Waals surface area contributed by atoms with Gasteiger partial charge in [-0.25, -0.2) is 0 Å². The lowest BCUT2D eigenvalue weighted by atomic mass is 10.0. The molecule has 1 N–H and O–H groups in total. The van der Waals surface area contributed by atoms with Gasteiger partial charge in [-0.3, -0.25) is 4.79 Å². The highest BCUT2D eigenvalue weighted by atomic mass is 16.5. The van der Waals surface area contributed by atoms with E-state index in [4.69, 9.17) is 9.47 Å². The minimum Gasteiger partial charge on any atom is -0.468 e. The Morgan fingerprint density at radius 2 is 2.17 bits per heavy atom. The van der Waals surface area contributed by atoms with Gasteiger partial charge in [0.25, 0.3) is 0 Å². The van der Waals surface area contributed by atoms with Gasteiger partial charge in [0.2, 0.25) is 0 Å². The second-order valence-electron chi connectivity index (χ2n) is 5.33. The third kappa shape index (κ3) is 4.92. The minimum absolute atomic E-state index is 0.240. The summed E-state index contributed by atoms with van der Waals surface area (Å²) in [4.78, 5) is 13.8. The van der Waals surface area contributed by atoms with E-state index in [1.807, 2.05) is 14.0 Å². The van der Waals surface area contributed by atoms with Crippen molar-refractivity contribution in [3.8, 4) is 0 Å². The zero-order valence-corrected chi connectivity index (χ0v) is 12.0. The lowest BCUT2D eigenvalue weighted by Crippen LogP contribution is -2.55. The fourth-order valence-electron chi connectivity index (χ4n) is 1.84. The quantitative estimate of drug-likeness (QED) is 0.482. The average molecular weight is 258 g/mol. The first kappa shape index (κ1) is 15.4. The number of ether oxygens (including phenoxy) is 2. The molecule has 0 bridgehead atoms. The van der Waals surface area contributed by atoms with Crippen LogP contribution < -0.4 is 5.32 Å². The molecule has 1 fully saturated rings. The maximum atomic E-state index is 11.7. The molecule has 0 aliphatic heterocycles. The van der Waals surface area contributed by atoms with Crippen LogP contribution in [0.5, 0.6) is 0 Å². The summed E-state index contributed by atoms with van der Waals surface area (Å²) in [6.45, 7) is 4.87. The number of nitrogens with one attached hydrogen (secondary N) is 1. The molecule has 5 heteroatoms. The van der Waals surface area contributed by atoms with Gasteiger partial charge >= 0.3 is 5.97 Å². The van der Waals surface area contributed by atoms with Crippen molar-refractivity contribution in [2.45, 2.75) is 25.3 Å². The Balaban J connectivity index is 2.22. The van der Waals surface area contributed by atoms with Crippen molar-refractivity contribution >= 4 is 5.97 Å². The second kappa shape index (κ2) is 7.07. The van der Waals surface area contributed by atoms with E-state index >= 15 is 0 Å².